The second-order valence-corrected chi connectivity index (χ2v) is 5.79. The van der Waals surface area contributed by atoms with E-state index in [0.29, 0.717) is 0 Å². The number of thioether (sulfide) groups is 2. The van der Waals surface area contributed by atoms with Crippen LogP contribution in [0.1, 0.15) is 0 Å². The first kappa shape index (κ1) is 11.9. The smallest absolute Gasteiger partial charge is 0.0290 e. The zero-order valence-electron chi connectivity index (χ0n) is 10.4. The Balaban J connectivity index is 2.61. The van der Waals surface area contributed by atoms with Crippen molar-refractivity contribution in [3.63, 3.8) is 0 Å². The maximum absolute atomic E-state index is 2.23. The van der Waals surface area contributed by atoms with E-state index >= 15 is 0 Å². The lowest BCUT2D eigenvalue weighted by Gasteiger charge is -2.14. The molecule has 0 bridgehead atoms. The van der Waals surface area contributed by atoms with E-state index in [1.54, 1.807) is 0 Å². The maximum atomic E-state index is 2.23. The summed E-state index contributed by atoms with van der Waals surface area (Å²) < 4.78 is 0. The average molecular weight is 270 g/mol. The van der Waals surface area contributed by atoms with Crippen LogP contribution in [0.2, 0.25) is 0 Å². The van der Waals surface area contributed by atoms with Crippen molar-refractivity contribution in [2.24, 2.45) is 0 Å². The molecule has 0 heterocycles. The fourth-order valence-electron chi connectivity index (χ4n) is 2.48. The molecule has 0 amide bonds. The van der Waals surface area contributed by atoms with Crippen molar-refractivity contribution < 1.29 is 0 Å². The Morgan fingerprint density at radius 1 is 0.556 bits per heavy atom. The van der Waals surface area contributed by atoms with Crippen molar-refractivity contribution in [3.05, 3.63) is 48.5 Å². The topological polar surface area (TPSA) is 0 Å². The lowest BCUT2D eigenvalue weighted by Crippen LogP contribution is -1.86. The number of rotatable bonds is 2. The molecule has 0 aliphatic heterocycles. The van der Waals surface area contributed by atoms with Gasteiger partial charge in [0.05, 0.1) is 0 Å². The minimum absolute atomic E-state index is 1.36. The fourth-order valence-corrected chi connectivity index (χ4v) is 4.37. The summed E-state index contributed by atoms with van der Waals surface area (Å²) in [6.45, 7) is 0. The van der Waals surface area contributed by atoms with Gasteiger partial charge >= 0.3 is 0 Å². The standard InChI is InChI=1S/C16H14S2/c1-17-15-13-9-5-3-7-11(13)12-8-4-6-10-14(12)16(15)18-2/h3-10H,1-2H3. The zero-order chi connectivity index (χ0) is 12.5. The van der Waals surface area contributed by atoms with Crippen molar-refractivity contribution in [3.8, 4) is 0 Å². The first-order chi connectivity index (χ1) is 8.86. The molecule has 2 heteroatoms. The Kier molecular flexibility index (Phi) is 3.23. The van der Waals surface area contributed by atoms with Gasteiger partial charge in [0.1, 0.15) is 0 Å². The molecular formula is C16H14S2. The quantitative estimate of drug-likeness (QED) is 0.449. The number of hydrogen-bond acceptors (Lipinski definition) is 2. The fraction of sp³-hybridized carbons (Fsp3) is 0.125. The lowest BCUT2D eigenvalue weighted by molar-refractivity contribution is 1.36. The van der Waals surface area contributed by atoms with E-state index < -0.39 is 0 Å². The molecule has 18 heavy (non-hydrogen) atoms. The molecule has 0 aromatic heterocycles. The summed E-state index contributed by atoms with van der Waals surface area (Å²) in [5.41, 5.74) is 0. The third-order valence-electron chi connectivity index (χ3n) is 3.25. The van der Waals surface area contributed by atoms with Gasteiger partial charge in [-0.2, -0.15) is 0 Å². The van der Waals surface area contributed by atoms with Crippen LogP contribution in [0, 0.1) is 0 Å². The number of fused-ring (bicyclic) bond motifs is 3. The van der Waals surface area contributed by atoms with E-state index in [2.05, 4.69) is 61.0 Å². The molecule has 0 saturated heterocycles. The first-order valence-electron chi connectivity index (χ1n) is 5.88. The van der Waals surface area contributed by atoms with Crippen molar-refractivity contribution >= 4 is 45.1 Å². The van der Waals surface area contributed by atoms with Gasteiger partial charge in [0.2, 0.25) is 0 Å². The Morgan fingerprint density at radius 2 is 0.889 bits per heavy atom. The second-order valence-electron chi connectivity index (χ2n) is 4.16. The highest BCUT2D eigenvalue weighted by Gasteiger charge is 2.12. The van der Waals surface area contributed by atoms with Gasteiger partial charge < -0.3 is 0 Å². The summed E-state index contributed by atoms with van der Waals surface area (Å²) in [6.07, 6.45) is 4.33. The first-order valence-corrected chi connectivity index (χ1v) is 8.33. The molecule has 0 N–H and O–H groups in total. The van der Waals surface area contributed by atoms with Crippen LogP contribution in [0.4, 0.5) is 0 Å². The molecular weight excluding hydrogens is 256 g/mol. The molecule has 0 aliphatic rings. The summed E-state index contributed by atoms with van der Waals surface area (Å²) >= 11 is 3.69. The van der Waals surface area contributed by atoms with E-state index in [9.17, 15) is 0 Å². The van der Waals surface area contributed by atoms with Crippen LogP contribution in [0.3, 0.4) is 0 Å². The van der Waals surface area contributed by atoms with Crippen LogP contribution < -0.4 is 0 Å². The van der Waals surface area contributed by atoms with E-state index in [0.717, 1.165) is 0 Å². The van der Waals surface area contributed by atoms with Gasteiger partial charge in [-0.25, -0.2) is 0 Å². The molecule has 3 aromatic carbocycles. The Hall–Kier alpha value is -1.12. The molecule has 3 rings (SSSR count). The Bertz CT molecular complexity index is 654. The van der Waals surface area contributed by atoms with Gasteiger partial charge in [0.25, 0.3) is 0 Å². The molecule has 0 fully saturated rings. The molecule has 0 saturated carbocycles. The minimum atomic E-state index is 1.36. The molecule has 0 spiro atoms. The largest absolute Gasteiger partial charge is 0.128 e. The Morgan fingerprint density at radius 3 is 1.22 bits per heavy atom. The highest BCUT2D eigenvalue weighted by atomic mass is 32.2. The van der Waals surface area contributed by atoms with E-state index in [1.807, 2.05) is 23.5 Å². The van der Waals surface area contributed by atoms with E-state index in [1.165, 1.54) is 31.3 Å². The number of benzene rings is 3. The van der Waals surface area contributed by atoms with Crippen molar-refractivity contribution in [2.45, 2.75) is 9.79 Å². The normalized spacial score (nSPS) is 11.2. The summed E-state index contributed by atoms with van der Waals surface area (Å²) in [7, 11) is 0. The molecule has 0 radical (unpaired) electrons. The van der Waals surface area contributed by atoms with Crippen LogP contribution in [-0.2, 0) is 0 Å². The van der Waals surface area contributed by atoms with Crippen LogP contribution in [0.15, 0.2) is 58.3 Å². The summed E-state index contributed by atoms with van der Waals surface area (Å²) in [5, 5.41) is 5.45. The summed E-state index contributed by atoms with van der Waals surface area (Å²) in [5.74, 6) is 0. The highest BCUT2D eigenvalue weighted by molar-refractivity contribution is 8.02. The van der Waals surface area contributed by atoms with Crippen LogP contribution >= 0.6 is 23.5 Å². The van der Waals surface area contributed by atoms with E-state index in [-0.39, 0.29) is 0 Å². The predicted octanol–water partition coefficient (Wildman–Crippen LogP) is 5.44. The molecule has 0 aliphatic carbocycles. The van der Waals surface area contributed by atoms with Crippen LogP contribution in [-0.4, -0.2) is 12.5 Å². The highest BCUT2D eigenvalue weighted by Crippen LogP contribution is 2.41. The van der Waals surface area contributed by atoms with Crippen molar-refractivity contribution in [2.75, 3.05) is 12.5 Å². The van der Waals surface area contributed by atoms with Gasteiger partial charge in [-0.05, 0) is 34.1 Å². The predicted molar refractivity (Wildman–Crippen MR) is 85.0 cm³/mol. The Labute approximate surface area is 116 Å². The minimum Gasteiger partial charge on any atom is -0.128 e. The van der Waals surface area contributed by atoms with Crippen molar-refractivity contribution in [1.29, 1.82) is 0 Å². The van der Waals surface area contributed by atoms with Gasteiger partial charge in [0, 0.05) is 9.79 Å². The molecule has 3 aromatic rings. The zero-order valence-corrected chi connectivity index (χ0v) is 12.1. The van der Waals surface area contributed by atoms with Gasteiger partial charge in [-0.1, -0.05) is 48.5 Å². The van der Waals surface area contributed by atoms with E-state index in [4.69, 9.17) is 0 Å². The van der Waals surface area contributed by atoms with Gasteiger partial charge in [-0.3, -0.25) is 0 Å². The third-order valence-corrected chi connectivity index (χ3v) is 5.04. The van der Waals surface area contributed by atoms with Crippen LogP contribution in [0.5, 0.6) is 0 Å². The van der Waals surface area contributed by atoms with Gasteiger partial charge in [0.15, 0.2) is 0 Å². The van der Waals surface area contributed by atoms with Crippen LogP contribution in [0.25, 0.3) is 21.5 Å². The molecule has 0 unspecified atom stereocenters. The molecule has 90 valence electrons. The molecule has 0 nitrogen and oxygen atoms in total. The monoisotopic (exact) mass is 270 g/mol. The average Bonchev–Trinajstić information content (AvgIpc) is 2.45. The maximum Gasteiger partial charge on any atom is 0.0290 e. The lowest BCUT2D eigenvalue weighted by atomic mass is 10.0. The summed E-state index contributed by atoms with van der Waals surface area (Å²) in [6, 6.07) is 17.4. The SMILES string of the molecule is CSc1c(SC)c2ccccc2c2ccccc12. The van der Waals surface area contributed by atoms with Gasteiger partial charge in [-0.15, -0.1) is 23.5 Å². The van der Waals surface area contributed by atoms with Crippen molar-refractivity contribution in [1.82, 2.24) is 0 Å². The number of hydrogen-bond donors (Lipinski definition) is 0. The third kappa shape index (κ3) is 1.72. The second kappa shape index (κ2) is 4.87. The molecule has 0 atom stereocenters. The summed E-state index contributed by atoms with van der Waals surface area (Å²) in [4.78, 5) is 2.80.